The number of aryl methyl sites for hydroxylation is 1. The van der Waals surface area contributed by atoms with Crippen molar-refractivity contribution < 1.29 is 18.7 Å². The number of carbonyl (C=O) groups excluding carboxylic acids is 2. The molecule has 23 heavy (non-hydrogen) atoms. The number of benzene rings is 1. The number of esters is 1. The standard InChI is InChI=1S/C17H20BrNO4/c1-5-8-17(3,16(21)22-4)19-15(20)14-10(2)12-9-11(18)6-7-13(12)23-14/h6-7,9H,5,8H2,1-4H3,(H,19,20). The molecule has 1 N–H and O–H groups in total. The molecule has 1 unspecified atom stereocenters. The summed E-state index contributed by atoms with van der Waals surface area (Å²) in [7, 11) is 1.31. The number of carbonyl (C=O) groups is 2. The predicted molar refractivity (Wildman–Crippen MR) is 91.4 cm³/mol. The molecule has 0 saturated carbocycles. The van der Waals surface area contributed by atoms with Crippen LogP contribution in [-0.4, -0.2) is 24.5 Å². The maximum absolute atomic E-state index is 12.6. The lowest BCUT2D eigenvalue weighted by atomic mass is 9.96. The van der Waals surface area contributed by atoms with E-state index in [4.69, 9.17) is 9.15 Å². The van der Waals surface area contributed by atoms with Crippen molar-refractivity contribution >= 4 is 38.8 Å². The van der Waals surface area contributed by atoms with Gasteiger partial charge in [-0.15, -0.1) is 0 Å². The number of hydrogen-bond acceptors (Lipinski definition) is 4. The number of fused-ring (bicyclic) bond motifs is 1. The zero-order valence-corrected chi connectivity index (χ0v) is 15.2. The van der Waals surface area contributed by atoms with Crippen molar-refractivity contribution in [3.63, 3.8) is 0 Å². The van der Waals surface area contributed by atoms with Crippen molar-refractivity contribution in [2.75, 3.05) is 7.11 Å². The predicted octanol–water partition coefficient (Wildman–Crippen LogP) is 3.97. The first kappa shape index (κ1) is 17.5. The van der Waals surface area contributed by atoms with Crippen LogP contribution in [0.1, 0.15) is 42.8 Å². The van der Waals surface area contributed by atoms with Crippen LogP contribution >= 0.6 is 15.9 Å². The van der Waals surface area contributed by atoms with E-state index >= 15 is 0 Å². The Bertz CT molecular complexity index is 752. The summed E-state index contributed by atoms with van der Waals surface area (Å²) < 4.78 is 11.4. The van der Waals surface area contributed by atoms with Gasteiger partial charge in [-0.1, -0.05) is 29.3 Å². The van der Waals surface area contributed by atoms with E-state index in [1.807, 2.05) is 26.0 Å². The van der Waals surface area contributed by atoms with E-state index in [-0.39, 0.29) is 5.76 Å². The highest BCUT2D eigenvalue weighted by Gasteiger charge is 2.36. The summed E-state index contributed by atoms with van der Waals surface area (Å²) in [6.45, 7) is 5.43. The van der Waals surface area contributed by atoms with Crippen LogP contribution in [0.3, 0.4) is 0 Å². The fourth-order valence-corrected chi connectivity index (χ4v) is 3.02. The minimum atomic E-state index is -1.08. The van der Waals surface area contributed by atoms with Crippen molar-refractivity contribution in [1.82, 2.24) is 5.32 Å². The van der Waals surface area contributed by atoms with E-state index in [1.165, 1.54) is 7.11 Å². The number of halogens is 1. The summed E-state index contributed by atoms with van der Waals surface area (Å²) in [6.07, 6.45) is 1.22. The SMILES string of the molecule is CCCC(C)(NC(=O)c1oc2ccc(Br)cc2c1C)C(=O)OC. The molecule has 124 valence electrons. The lowest BCUT2D eigenvalue weighted by Gasteiger charge is -2.27. The fraction of sp³-hybridized carbons (Fsp3) is 0.412. The Balaban J connectivity index is 2.36. The third-order valence-electron chi connectivity index (χ3n) is 3.88. The van der Waals surface area contributed by atoms with Gasteiger partial charge in [-0.25, -0.2) is 4.79 Å². The molecule has 0 spiro atoms. The van der Waals surface area contributed by atoms with Gasteiger partial charge in [0.2, 0.25) is 0 Å². The topological polar surface area (TPSA) is 68.5 Å². The molecular weight excluding hydrogens is 362 g/mol. The molecule has 1 amide bonds. The van der Waals surface area contributed by atoms with Crippen LogP contribution in [0.15, 0.2) is 27.1 Å². The molecule has 2 rings (SSSR count). The van der Waals surface area contributed by atoms with Crippen molar-refractivity contribution in [2.45, 2.75) is 39.2 Å². The summed E-state index contributed by atoms with van der Waals surface area (Å²) in [5.41, 5.74) is 0.292. The molecule has 0 bridgehead atoms. The van der Waals surface area contributed by atoms with E-state index in [2.05, 4.69) is 21.2 Å². The summed E-state index contributed by atoms with van der Waals surface area (Å²) in [6, 6.07) is 5.55. The van der Waals surface area contributed by atoms with Gasteiger partial charge in [-0.3, -0.25) is 4.79 Å². The van der Waals surface area contributed by atoms with Crippen LogP contribution in [0.2, 0.25) is 0 Å². The van der Waals surface area contributed by atoms with Gasteiger partial charge in [0.1, 0.15) is 11.1 Å². The lowest BCUT2D eigenvalue weighted by molar-refractivity contribution is -0.147. The average Bonchev–Trinajstić information content (AvgIpc) is 2.83. The summed E-state index contributed by atoms with van der Waals surface area (Å²) in [5, 5.41) is 3.62. The molecule has 0 aliphatic carbocycles. The first-order valence-electron chi connectivity index (χ1n) is 7.42. The molecule has 0 fully saturated rings. The lowest BCUT2D eigenvalue weighted by Crippen LogP contribution is -2.52. The normalized spacial score (nSPS) is 13.6. The molecule has 1 heterocycles. The van der Waals surface area contributed by atoms with Crippen molar-refractivity contribution in [3.8, 4) is 0 Å². The van der Waals surface area contributed by atoms with Crippen LogP contribution < -0.4 is 5.32 Å². The van der Waals surface area contributed by atoms with Gasteiger partial charge in [0, 0.05) is 15.4 Å². The second-order valence-electron chi connectivity index (χ2n) is 5.72. The summed E-state index contributed by atoms with van der Waals surface area (Å²) in [4.78, 5) is 24.6. The van der Waals surface area contributed by atoms with E-state index in [9.17, 15) is 9.59 Å². The smallest absolute Gasteiger partial charge is 0.331 e. The molecule has 5 nitrogen and oxygen atoms in total. The average molecular weight is 382 g/mol. The second kappa shape index (κ2) is 6.74. The molecule has 1 aromatic heterocycles. The van der Waals surface area contributed by atoms with E-state index in [0.29, 0.717) is 12.0 Å². The summed E-state index contributed by atoms with van der Waals surface area (Å²) >= 11 is 3.41. The Hall–Kier alpha value is -1.82. The van der Waals surface area contributed by atoms with Crippen molar-refractivity contribution in [2.24, 2.45) is 0 Å². The highest BCUT2D eigenvalue weighted by Crippen LogP contribution is 2.28. The minimum absolute atomic E-state index is 0.212. The quantitative estimate of drug-likeness (QED) is 0.795. The number of methoxy groups -OCH3 is 1. The van der Waals surface area contributed by atoms with E-state index in [1.54, 1.807) is 13.0 Å². The molecule has 2 aromatic rings. The van der Waals surface area contributed by atoms with Crippen LogP contribution in [0.5, 0.6) is 0 Å². The maximum Gasteiger partial charge on any atom is 0.331 e. The molecule has 0 aliphatic rings. The zero-order valence-electron chi connectivity index (χ0n) is 13.7. The number of ether oxygens (including phenoxy) is 1. The van der Waals surface area contributed by atoms with Gasteiger partial charge in [-0.05, 0) is 38.5 Å². The first-order valence-corrected chi connectivity index (χ1v) is 8.21. The molecule has 0 saturated heterocycles. The fourth-order valence-electron chi connectivity index (χ4n) is 2.66. The van der Waals surface area contributed by atoms with Crippen molar-refractivity contribution in [1.29, 1.82) is 0 Å². The van der Waals surface area contributed by atoms with E-state index < -0.39 is 17.4 Å². The van der Waals surface area contributed by atoms with Crippen LogP contribution in [0, 0.1) is 6.92 Å². The van der Waals surface area contributed by atoms with Crippen LogP contribution in [-0.2, 0) is 9.53 Å². The number of nitrogens with one attached hydrogen (secondary N) is 1. The maximum atomic E-state index is 12.6. The zero-order chi connectivity index (χ0) is 17.2. The molecule has 0 aliphatic heterocycles. The minimum Gasteiger partial charge on any atom is -0.467 e. The Morgan fingerprint density at radius 3 is 2.70 bits per heavy atom. The highest BCUT2D eigenvalue weighted by atomic mass is 79.9. The van der Waals surface area contributed by atoms with Gasteiger partial charge < -0.3 is 14.5 Å². The van der Waals surface area contributed by atoms with Gasteiger partial charge in [0.25, 0.3) is 5.91 Å². The second-order valence-corrected chi connectivity index (χ2v) is 6.64. The van der Waals surface area contributed by atoms with E-state index in [0.717, 1.165) is 21.8 Å². The molecule has 1 atom stereocenters. The molecule has 0 radical (unpaired) electrons. The Morgan fingerprint density at radius 1 is 1.39 bits per heavy atom. The third-order valence-corrected chi connectivity index (χ3v) is 4.37. The highest BCUT2D eigenvalue weighted by molar-refractivity contribution is 9.10. The Kier molecular flexibility index (Phi) is 5.14. The molecule has 1 aromatic carbocycles. The third kappa shape index (κ3) is 3.42. The number of rotatable bonds is 5. The van der Waals surface area contributed by atoms with Gasteiger partial charge >= 0.3 is 5.97 Å². The largest absolute Gasteiger partial charge is 0.467 e. The number of furan rings is 1. The van der Waals surface area contributed by atoms with Crippen LogP contribution in [0.4, 0.5) is 0 Å². The Labute approximate surface area is 143 Å². The Morgan fingerprint density at radius 2 is 2.09 bits per heavy atom. The number of hydrogen-bond donors (Lipinski definition) is 1. The number of amides is 1. The van der Waals surface area contributed by atoms with Gasteiger partial charge in [-0.2, -0.15) is 0 Å². The monoisotopic (exact) mass is 381 g/mol. The van der Waals surface area contributed by atoms with Gasteiger partial charge in [0.05, 0.1) is 7.11 Å². The molecule has 6 heteroatoms. The molecular formula is C17H20BrNO4. The first-order chi connectivity index (χ1) is 10.8. The van der Waals surface area contributed by atoms with Gasteiger partial charge in [0.15, 0.2) is 5.76 Å². The summed E-state index contributed by atoms with van der Waals surface area (Å²) in [5.74, 6) is -0.676. The van der Waals surface area contributed by atoms with Crippen LogP contribution in [0.25, 0.3) is 11.0 Å². The van der Waals surface area contributed by atoms with Crippen molar-refractivity contribution in [3.05, 3.63) is 34.0 Å².